The molecule has 0 heterocycles. The zero-order chi connectivity index (χ0) is 14.0. The van der Waals surface area contributed by atoms with Gasteiger partial charge in [-0.05, 0) is 43.9 Å². The van der Waals surface area contributed by atoms with E-state index in [-0.39, 0.29) is 29.4 Å². The van der Waals surface area contributed by atoms with E-state index in [1.807, 2.05) is 0 Å². The Morgan fingerprint density at radius 2 is 1.68 bits per heavy atom. The van der Waals surface area contributed by atoms with Crippen LogP contribution >= 0.6 is 0 Å². The highest BCUT2D eigenvalue weighted by molar-refractivity contribution is 5.75. The van der Waals surface area contributed by atoms with Crippen LogP contribution in [0.3, 0.4) is 0 Å². The van der Waals surface area contributed by atoms with Crippen molar-refractivity contribution in [2.24, 2.45) is 11.3 Å². The number of hydrogen-bond donors (Lipinski definition) is 3. The molecular formula is C14H24N2O3. The maximum Gasteiger partial charge on any atom is 0.315 e. The molecular weight excluding hydrogens is 244 g/mol. The molecule has 2 aliphatic rings. The molecule has 0 aromatic heterocycles. The molecule has 19 heavy (non-hydrogen) atoms. The number of rotatable bonds is 3. The molecule has 0 aliphatic heterocycles. The van der Waals surface area contributed by atoms with Crippen LogP contribution in [0.2, 0.25) is 0 Å². The van der Waals surface area contributed by atoms with Crippen LogP contribution in [0.15, 0.2) is 0 Å². The minimum atomic E-state index is -0.709. The second kappa shape index (κ2) is 5.39. The molecule has 0 spiro atoms. The van der Waals surface area contributed by atoms with E-state index in [0.29, 0.717) is 12.8 Å². The zero-order valence-electron chi connectivity index (χ0n) is 11.7. The number of carbonyl (C=O) groups excluding carboxylic acids is 1. The summed E-state index contributed by atoms with van der Waals surface area (Å²) in [6.07, 6.45) is 5.05. The average molecular weight is 268 g/mol. The molecule has 2 rings (SSSR count). The van der Waals surface area contributed by atoms with Crippen LogP contribution in [0.25, 0.3) is 0 Å². The predicted molar refractivity (Wildman–Crippen MR) is 71.9 cm³/mol. The molecule has 5 heteroatoms. The molecule has 0 saturated heterocycles. The summed E-state index contributed by atoms with van der Waals surface area (Å²) < 4.78 is 0. The Bertz CT molecular complexity index is 360. The standard InChI is InChI=1S/C14H24N2O3/c1-14(2)8-7-11(14)16-13(19)15-10-5-3-9(4-6-10)12(17)18/h9-11H,3-8H2,1-2H3,(H,17,18)(H2,15,16,19). The third kappa shape index (κ3) is 3.39. The fourth-order valence-corrected chi connectivity index (χ4v) is 3.00. The molecule has 5 nitrogen and oxygen atoms in total. The molecule has 0 aromatic carbocycles. The second-order valence-electron chi connectivity index (χ2n) is 6.58. The molecule has 2 amide bonds. The quantitative estimate of drug-likeness (QED) is 0.733. The van der Waals surface area contributed by atoms with E-state index in [9.17, 15) is 9.59 Å². The Balaban J connectivity index is 1.71. The summed E-state index contributed by atoms with van der Waals surface area (Å²) in [6, 6.07) is 0.290. The molecule has 0 bridgehead atoms. The van der Waals surface area contributed by atoms with Gasteiger partial charge in [0.2, 0.25) is 0 Å². The van der Waals surface area contributed by atoms with Gasteiger partial charge in [-0.25, -0.2) is 4.79 Å². The molecule has 1 unspecified atom stereocenters. The first kappa shape index (κ1) is 14.2. The van der Waals surface area contributed by atoms with Gasteiger partial charge in [-0.3, -0.25) is 4.79 Å². The molecule has 2 fully saturated rings. The normalized spacial score (nSPS) is 33.1. The third-order valence-electron chi connectivity index (χ3n) is 4.74. The van der Waals surface area contributed by atoms with Gasteiger partial charge >= 0.3 is 12.0 Å². The minimum absolute atomic E-state index is 0.100. The predicted octanol–water partition coefficient (Wildman–Crippen LogP) is 2.12. The summed E-state index contributed by atoms with van der Waals surface area (Å²) in [5.74, 6) is -0.939. The molecule has 3 N–H and O–H groups in total. The molecule has 108 valence electrons. The number of aliphatic carboxylic acids is 1. The average Bonchev–Trinajstić information content (AvgIpc) is 2.35. The highest BCUT2D eigenvalue weighted by atomic mass is 16.4. The summed E-state index contributed by atoms with van der Waals surface area (Å²) in [4.78, 5) is 22.7. The number of hydrogen-bond acceptors (Lipinski definition) is 2. The molecule has 2 saturated carbocycles. The molecule has 0 radical (unpaired) electrons. The highest BCUT2D eigenvalue weighted by Gasteiger charge is 2.39. The van der Waals surface area contributed by atoms with E-state index in [2.05, 4.69) is 24.5 Å². The fourth-order valence-electron chi connectivity index (χ4n) is 3.00. The van der Waals surface area contributed by atoms with Crippen LogP contribution in [0.1, 0.15) is 52.4 Å². The lowest BCUT2D eigenvalue weighted by atomic mass is 9.67. The number of amides is 2. The van der Waals surface area contributed by atoms with Crippen LogP contribution in [-0.4, -0.2) is 29.2 Å². The lowest BCUT2D eigenvalue weighted by Crippen LogP contribution is -2.56. The Kier molecular flexibility index (Phi) is 4.02. The summed E-state index contributed by atoms with van der Waals surface area (Å²) in [5, 5.41) is 14.9. The van der Waals surface area contributed by atoms with Gasteiger partial charge in [0.25, 0.3) is 0 Å². The zero-order valence-corrected chi connectivity index (χ0v) is 11.7. The van der Waals surface area contributed by atoms with Crippen molar-refractivity contribution >= 4 is 12.0 Å². The molecule has 1 atom stereocenters. The van der Waals surface area contributed by atoms with Gasteiger partial charge in [0, 0.05) is 12.1 Å². The van der Waals surface area contributed by atoms with E-state index < -0.39 is 5.97 Å². The van der Waals surface area contributed by atoms with Crippen molar-refractivity contribution in [3.05, 3.63) is 0 Å². The molecule has 2 aliphatic carbocycles. The maximum atomic E-state index is 11.9. The van der Waals surface area contributed by atoms with Crippen molar-refractivity contribution in [3.63, 3.8) is 0 Å². The summed E-state index contributed by atoms with van der Waals surface area (Å²) in [7, 11) is 0. The Labute approximate surface area is 114 Å². The largest absolute Gasteiger partial charge is 0.481 e. The topological polar surface area (TPSA) is 78.4 Å². The van der Waals surface area contributed by atoms with Gasteiger partial charge < -0.3 is 15.7 Å². The van der Waals surface area contributed by atoms with Crippen molar-refractivity contribution in [2.45, 2.75) is 64.5 Å². The van der Waals surface area contributed by atoms with Gasteiger partial charge in [0.05, 0.1) is 5.92 Å². The Morgan fingerprint density at radius 1 is 1.05 bits per heavy atom. The number of carbonyl (C=O) groups is 2. The van der Waals surface area contributed by atoms with Gasteiger partial charge in [-0.2, -0.15) is 0 Å². The highest BCUT2D eigenvalue weighted by Crippen LogP contribution is 2.39. The first-order valence-electron chi connectivity index (χ1n) is 7.18. The van der Waals surface area contributed by atoms with E-state index >= 15 is 0 Å². The van der Waals surface area contributed by atoms with Crippen LogP contribution < -0.4 is 10.6 Å². The van der Waals surface area contributed by atoms with Crippen LogP contribution in [0.4, 0.5) is 4.79 Å². The monoisotopic (exact) mass is 268 g/mol. The van der Waals surface area contributed by atoms with Crippen molar-refractivity contribution in [1.82, 2.24) is 10.6 Å². The smallest absolute Gasteiger partial charge is 0.315 e. The van der Waals surface area contributed by atoms with Gasteiger partial charge in [0.1, 0.15) is 0 Å². The number of nitrogens with one attached hydrogen (secondary N) is 2. The van der Waals surface area contributed by atoms with Gasteiger partial charge in [0.15, 0.2) is 0 Å². The Hall–Kier alpha value is -1.26. The van der Waals surface area contributed by atoms with Crippen LogP contribution in [-0.2, 0) is 4.79 Å². The van der Waals surface area contributed by atoms with E-state index in [4.69, 9.17) is 5.11 Å². The second-order valence-corrected chi connectivity index (χ2v) is 6.58. The summed E-state index contributed by atoms with van der Waals surface area (Å²) in [5.41, 5.74) is 0.207. The first-order valence-corrected chi connectivity index (χ1v) is 7.18. The minimum Gasteiger partial charge on any atom is -0.481 e. The van der Waals surface area contributed by atoms with Crippen molar-refractivity contribution in [1.29, 1.82) is 0 Å². The number of urea groups is 1. The lowest BCUT2D eigenvalue weighted by Gasteiger charge is -2.45. The van der Waals surface area contributed by atoms with Crippen LogP contribution in [0, 0.1) is 11.3 Å². The number of carboxylic acid groups (broad SMARTS) is 1. The lowest BCUT2D eigenvalue weighted by molar-refractivity contribution is -0.142. The van der Waals surface area contributed by atoms with E-state index in [1.54, 1.807) is 0 Å². The van der Waals surface area contributed by atoms with Crippen molar-refractivity contribution in [3.8, 4) is 0 Å². The SMILES string of the molecule is CC1(C)CCC1NC(=O)NC1CCC(C(=O)O)CC1. The summed E-state index contributed by atoms with van der Waals surface area (Å²) >= 11 is 0. The Morgan fingerprint density at radius 3 is 2.11 bits per heavy atom. The maximum absolute atomic E-state index is 11.9. The third-order valence-corrected chi connectivity index (χ3v) is 4.74. The van der Waals surface area contributed by atoms with Crippen molar-refractivity contribution < 1.29 is 14.7 Å². The van der Waals surface area contributed by atoms with Crippen molar-refractivity contribution in [2.75, 3.05) is 0 Å². The van der Waals surface area contributed by atoms with Gasteiger partial charge in [-0.15, -0.1) is 0 Å². The van der Waals surface area contributed by atoms with Gasteiger partial charge in [-0.1, -0.05) is 13.8 Å². The summed E-state index contributed by atoms with van der Waals surface area (Å²) in [6.45, 7) is 4.33. The van der Waals surface area contributed by atoms with E-state index in [1.165, 1.54) is 0 Å². The number of carboxylic acids is 1. The van der Waals surface area contributed by atoms with E-state index in [0.717, 1.165) is 25.7 Å². The first-order chi connectivity index (χ1) is 8.88. The fraction of sp³-hybridized carbons (Fsp3) is 0.857. The molecule has 0 aromatic rings. The van der Waals surface area contributed by atoms with Crippen LogP contribution in [0.5, 0.6) is 0 Å².